The maximum atomic E-state index is 12.4. The Kier molecular flexibility index (Phi) is 5.19. The van der Waals surface area contributed by atoms with E-state index in [1.165, 1.54) is 12.8 Å². The van der Waals surface area contributed by atoms with E-state index in [4.69, 9.17) is 4.52 Å². The van der Waals surface area contributed by atoms with Crippen LogP contribution in [0.25, 0.3) is 11.3 Å². The number of amides is 2. The van der Waals surface area contributed by atoms with Gasteiger partial charge in [-0.15, -0.1) is 0 Å². The first kappa shape index (κ1) is 18.0. The lowest BCUT2D eigenvalue weighted by molar-refractivity contribution is 0.0937. The van der Waals surface area contributed by atoms with Gasteiger partial charge in [-0.1, -0.05) is 48.3 Å². The molecule has 1 saturated carbocycles. The molecule has 0 unspecified atom stereocenters. The van der Waals surface area contributed by atoms with Crippen LogP contribution in [-0.4, -0.2) is 23.0 Å². The standard InChI is InChI=1S/C22H21N3O3/c26-21(23-17-8-4-5-9-17)16-10-12-18(13-11-16)24-22(27)19-14-20(28-25-19)15-6-2-1-3-7-15/h1-3,6-7,10-14,17H,4-5,8-9H2,(H,23,26)(H,24,27). The summed E-state index contributed by atoms with van der Waals surface area (Å²) in [5.74, 6) is 0.0903. The average molecular weight is 375 g/mol. The Morgan fingerprint density at radius 3 is 2.36 bits per heavy atom. The number of benzene rings is 2. The Bertz CT molecular complexity index is 958. The highest BCUT2D eigenvalue weighted by atomic mass is 16.5. The van der Waals surface area contributed by atoms with E-state index in [2.05, 4.69) is 15.8 Å². The Hall–Kier alpha value is -3.41. The van der Waals surface area contributed by atoms with E-state index in [9.17, 15) is 9.59 Å². The van der Waals surface area contributed by atoms with Gasteiger partial charge >= 0.3 is 0 Å². The number of nitrogens with one attached hydrogen (secondary N) is 2. The second kappa shape index (κ2) is 8.08. The number of rotatable bonds is 5. The Morgan fingerprint density at radius 2 is 1.64 bits per heavy atom. The van der Waals surface area contributed by atoms with Crippen LogP contribution < -0.4 is 10.6 Å². The molecule has 1 aromatic heterocycles. The zero-order chi connectivity index (χ0) is 19.3. The van der Waals surface area contributed by atoms with Crippen molar-refractivity contribution in [3.05, 3.63) is 71.9 Å². The van der Waals surface area contributed by atoms with Crippen LogP contribution in [0.2, 0.25) is 0 Å². The first-order valence-corrected chi connectivity index (χ1v) is 9.43. The Labute approximate surface area is 162 Å². The largest absolute Gasteiger partial charge is 0.355 e. The van der Waals surface area contributed by atoms with Crippen LogP contribution in [0.15, 0.2) is 65.2 Å². The minimum Gasteiger partial charge on any atom is -0.355 e. The van der Waals surface area contributed by atoms with Gasteiger partial charge in [0, 0.05) is 28.9 Å². The number of nitrogens with zero attached hydrogens (tertiary/aromatic N) is 1. The molecule has 6 nitrogen and oxygen atoms in total. The van der Waals surface area contributed by atoms with Gasteiger partial charge in [-0.2, -0.15) is 0 Å². The lowest BCUT2D eigenvalue weighted by Gasteiger charge is -2.12. The molecule has 1 heterocycles. The molecular formula is C22H21N3O3. The fraction of sp³-hybridized carbons (Fsp3) is 0.227. The normalized spacial score (nSPS) is 14.0. The summed E-state index contributed by atoms with van der Waals surface area (Å²) in [6.07, 6.45) is 4.43. The van der Waals surface area contributed by atoms with E-state index in [0.717, 1.165) is 18.4 Å². The average Bonchev–Trinajstić information content (AvgIpc) is 3.41. The van der Waals surface area contributed by atoms with E-state index in [1.807, 2.05) is 30.3 Å². The lowest BCUT2D eigenvalue weighted by Crippen LogP contribution is -2.32. The van der Waals surface area contributed by atoms with Crippen LogP contribution in [0.4, 0.5) is 5.69 Å². The van der Waals surface area contributed by atoms with E-state index in [-0.39, 0.29) is 23.6 Å². The summed E-state index contributed by atoms with van der Waals surface area (Å²) in [6.45, 7) is 0. The molecule has 0 bridgehead atoms. The molecule has 6 heteroatoms. The lowest BCUT2D eigenvalue weighted by atomic mass is 10.1. The van der Waals surface area contributed by atoms with Gasteiger partial charge in [0.05, 0.1) is 0 Å². The molecular weight excluding hydrogens is 354 g/mol. The van der Waals surface area contributed by atoms with Crippen LogP contribution in [0.3, 0.4) is 0 Å². The topological polar surface area (TPSA) is 84.2 Å². The van der Waals surface area contributed by atoms with Crippen LogP contribution in [-0.2, 0) is 0 Å². The first-order valence-electron chi connectivity index (χ1n) is 9.43. The van der Waals surface area contributed by atoms with Gasteiger partial charge in [-0.3, -0.25) is 9.59 Å². The molecule has 3 aromatic rings. The van der Waals surface area contributed by atoms with E-state index in [0.29, 0.717) is 17.0 Å². The van der Waals surface area contributed by atoms with Crippen LogP contribution >= 0.6 is 0 Å². The highest BCUT2D eigenvalue weighted by Crippen LogP contribution is 2.21. The summed E-state index contributed by atoms with van der Waals surface area (Å²) in [5, 5.41) is 9.66. The fourth-order valence-electron chi connectivity index (χ4n) is 3.36. The predicted molar refractivity (Wildman–Crippen MR) is 106 cm³/mol. The van der Waals surface area contributed by atoms with Crippen LogP contribution in [0, 0.1) is 0 Å². The van der Waals surface area contributed by atoms with Crippen molar-refractivity contribution in [2.24, 2.45) is 0 Å². The number of carbonyl (C=O) groups excluding carboxylic acids is 2. The molecule has 4 rings (SSSR count). The monoisotopic (exact) mass is 375 g/mol. The smallest absolute Gasteiger partial charge is 0.277 e. The molecule has 0 radical (unpaired) electrons. The Morgan fingerprint density at radius 1 is 0.929 bits per heavy atom. The van der Waals surface area contributed by atoms with Crippen molar-refractivity contribution in [1.82, 2.24) is 10.5 Å². The van der Waals surface area contributed by atoms with E-state index in [1.54, 1.807) is 30.3 Å². The van der Waals surface area contributed by atoms with E-state index < -0.39 is 0 Å². The van der Waals surface area contributed by atoms with Crippen molar-refractivity contribution in [1.29, 1.82) is 0 Å². The minimum atomic E-state index is -0.367. The van der Waals surface area contributed by atoms with Crippen molar-refractivity contribution >= 4 is 17.5 Å². The number of hydrogen-bond acceptors (Lipinski definition) is 4. The molecule has 1 aliphatic carbocycles. The number of aromatic nitrogens is 1. The van der Waals surface area contributed by atoms with Gasteiger partial charge in [0.25, 0.3) is 11.8 Å². The third-order valence-corrected chi connectivity index (χ3v) is 4.90. The van der Waals surface area contributed by atoms with Gasteiger partial charge in [-0.05, 0) is 37.1 Å². The maximum Gasteiger partial charge on any atom is 0.277 e. The van der Waals surface area contributed by atoms with Gasteiger partial charge < -0.3 is 15.2 Å². The number of anilines is 1. The van der Waals surface area contributed by atoms with Crippen molar-refractivity contribution in [3.8, 4) is 11.3 Å². The summed E-state index contributed by atoms with van der Waals surface area (Å²) in [6, 6.07) is 18.2. The predicted octanol–water partition coefficient (Wildman–Crippen LogP) is 4.27. The third-order valence-electron chi connectivity index (χ3n) is 4.90. The highest BCUT2D eigenvalue weighted by molar-refractivity contribution is 6.03. The SMILES string of the molecule is O=C(NC1CCCC1)c1ccc(NC(=O)c2cc(-c3ccccc3)on2)cc1. The van der Waals surface area contributed by atoms with Crippen molar-refractivity contribution in [2.45, 2.75) is 31.7 Å². The summed E-state index contributed by atoms with van der Waals surface area (Å²) >= 11 is 0. The van der Waals surface area contributed by atoms with Gasteiger partial charge in [-0.25, -0.2) is 0 Å². The summed E-state index contributed by atoms with van der Waals surface area (Å²) < 4.78 is 5.26. The second-order valence-corrected chi connectivity index (χ2v) is 6.93. The minimum absolute atomic E-state index is 0.0752. The third kappa shape index (κ3) is 4.11. The zero-order valence-electron chi connectivity index (χ0n) is 15.4. The molecule has 2 amide bonds. The van der Waals surface area contributed by atoms with Crippen molar-refractivity contribution in [3.63, 3.8) is 0 Å². The van der Waals surface area contributed by atoms with E-state index >= 15 is 0 Å². The molecule has 0 spiro atoms. The molecule has 0 saturated heterocycles. The van der Waals surface area contributed by atoms with Crippen molar-refractivity contribution in [2.75, 3.05) is 5.32 Å². The number of carbonyl (C=O) groups is 2. The zero-order valence-corrected chi connectivity index (χ0v) is 15.4. The molecule has 142 valence electrons. The Balaban J connectivity index is 1.38. The molecule has 0 atom stereocenters. The molecule has 2 aromatic carbocycles. The van der Waals surface area contributed by atoms with Crippen molar-refractivity contribution < 1.29 is 14.1 Å². The maximum absolute atomic E-state index is 12.4. The second-order valence-electron chi connectivity index (χ2n) is 6.93. The van der Waals surface area contributed by atoms with Crippen LogP contribution in [0.5, 0.6) is 0 Å². The van der Waals surface area contributed by atoms with Gasteiger partial charge in [0.1, 0.15) is 0 Å². The molecule has 2 N–H and O–H groups in total. The molecule has 0 aliphatic heterocycles. The molecule has 1 fully saturated rings. The summed E-state index contributed by atoms with van der Waals surface area (Å²) in [5.41, 5.74) is 2.22. The summed E-state index contributed by atoms with van der Waals surface area (Å²) in [4.78, 5) is 24.7. The summed E-state index contributed by atoms with van der Waals surface area (Å²) in [7, 11) is 0. The van der Waals surface area contributed by atoms with Crippen LogP contribution in [0.1, 0.15) is 46.5 Å². The molecule has 28 heavy (non-hydrogen) atoms. The number of hydrogen-bond donors (Lipinski definition) is 2. The van der Waals surface area contributed by atoms with Gasteiger partial charge in [0.15, 0.2) is 11.5 Å². The highest BCUT2D eigenvalue weighted by Gasteiger charge is 2.18. The fourth-order valence-corrected chi connectivity index (χ4v) is 3.36. The first-order chi connectivity index (χ1) is 13.7. The molecule has 1 aliphatic rings. The quantitative estimate of drug-likeness (QED) is 0.698. The van der Waals surface area contributed by atoms with Gasteiger partial charge in [0.2, 0.25) is 0 Å².